The molecule has 0 atom stereocenters. The summed E-state index contributed by atoms with van der Waals surface area (Å²) in [5.74, 6) is 0. The van der Waals surface area contributed by atoms with Gasteiger partial charge in [-0.05, 0) is 89.7 Å². The van der Waals surface area contributed by atoms with E-state index in [0.29, 0.717) is 0 Å². The van der Waals surface area contributed by atoms with E-state index in [-0.39, 0.29) is 5.41 Å². The molecule has 2 nitrogen and oxygen atoms in total. The van der Waals surface area contributed by atoms with Gasteiger partial charge in [-0.3, -0.25) is 0 Å². The maximum atomic E-state index is 4.23. The van der Waals surface area contributed by atoms with Crippen LogP contribution >= 0.6 is 0 Å². The van der Waals surface area contributed by atoms with Crippen LogP contribution in [0.1, 0.15) is 38.8 Å². The molecule has 0 saturated heterocycles. The second-order valence-corrected chi connectivity index (χ2v) is 10.7. The topological polar surface area (TPSA) is 15.3 Å². The normalized spacial score (nSPS) is 13.8. The van der Waals surface area contributed by atoms with Gasteiger partial charge in [0.05, 0.1) is 0 Å². The number of rotatable bonds is 8. The van der Waals surface area contributed by atoms with Crippen molar-refractivity contribution >= 4 is 11.4 Å². The zero-order chi connectivity index (χ0) is 27.6. The van der Waals surface area contributed by atoms with E-state index in [4.69, 9.17) is 0 Å². The van der Waals surface area contributed by atoms with Gasteiger partial charge in [0.25, 0.3) is 0 Å². The van der Waals surface area contributed by atoms with Crippen molar-refractivity contribution in [1.29, 1.82) is 0 Å². The lowest BCUT2D eigenvalue weighted by Gasteiger charge is -2.27. The predicted octanol–water partition coefficient (Wildman–Crippen LogP) is 10.1. The van der Waals surface area contributed by atoms with Gasteiger partial charge in [-0.2, -0.15) is 0 Å². The molecule has 1 N–H and O–H groups in total. The van der Waals surface area contributed by atoms with Gasteiger partial charge in [0.15, 0.2) is 0 Å². The summed E-state index contributed by atoms with van der Waals surface area (Å²) in [7, 11) is 0. The Bertz CT molecular complexity index is 1580. The number of hydrogen-bond donors (Lipinski definition) is 1. The maximum Gasteiger partial charge on any atom is 0.0455 e. The van der Waals surface area contributed by atoms with Gasteiger partial charge < -0.3 is 10.2 Å². The Hall–Kier alpha value is -4.56. The highest BCUT2D eigenvalue weighted by Crippen LogP contribution is 2.49. The summed E-state index contributed by atoms with van der Waals surface area (Å²) in [6.45, 7) is 17.0. The van der Waals surface area contributed by atoms with Crippen LogP contribution in [0.2, 0.25) is 0 Å². The fourth-order valence-electron chi connectivity index (χ4n) is 5.68. The zero-order valence-electron chi connectivity index (χ0n) is 23.3. The van der Waals surface area contributed by atoms with Crippen molar-refractivity contribution in [1.82, 2.24) is 0 Å². The van der Waals surface area contributed by atoms with Gasteiger partial charge in [0, 0.05) is 33.9 Å². The van der Waals surface area contributed by atoms with E-state index in [1.165, 1.54) is 33.4 Å². The van der Waals surface area contributed by atoms with Crippen molar-refractivity contribution in [2.75, 3.05) is 10.2 Å². The highest BCUT2D eigenvalue weighted by molar-refractivity contribution is 5.83. The van der Waals surface area contributed by atoms with Crippen molar-refractivity contribution in [2.24, 2.45) is 0 Å². The molecule has 0 amide bonds. The summed E-state index contributed by atoms with van der Waals surface area (Å²) in [5.41, 5.74) is 13.0. The van der Waals surface area contributed by atoms with E-state index in [1.54, 1.807) is 0 Å². The van der Waals surface area contributed by atoms with Gasteiger partial charge in [0.2, 0.25) is 0 Å². The maximum absolute atomic E-state index is 4.23. The van der Waals surface area contributed by atoms with E-state index < -0.39 is 0 Å². The first-order valence-corrected chi connectivity index (χ1v) is 13.4. The van der Waals surface area contributed by atoms with Crippen LogP contribution in [0.25, 0.3) is 22.3 Å². The molecule has 2 heteroatoms. The van der Waals surface area contributed by atoms with Crippen LogP contribution in [0.4, 0.5) is 11.4 Å². The smallest absolute Gasteiger partial charge is 0.0455 e. The fraction of sp³-hybridized carbons (Fsp3) is 0.135. The summed E-state index contributed by atoms with van der Waals surface area (Å²) in [6.07, 6.45) is 5.92. The van der Waals surface area contributed by atoms with E-state index in [9.17, 15) is 0 Å². The van der Waals surface area contributed by atoms with Gasteiger partial charge >= 0.3 is 0 Å². The third kappa shape index (κ3) is 5.11. The Labute approximate surface area is 233 Å². The SMILES string of the molecule is C=C/C=C(\C)N(/C(C)=C/C(=C)Nc1ccccc1)c1ccc(-c2ccc3c(c2)C(C)(C)c2ccccc2-3)cc1. The average Bonchev–Trinajstić information content (AvgIpc) is 3.16. The summed E-state index contributed by atoms with van der Waals surface area (Å²) in [6, 6.07) is 34.6. The second kappa shape index (κ2) is 10.7. The molecule has 0 heterocycles. The summed E-state index contributed by atoms with van der Waals surface area (Å²) >= 11 is 0. The molecule has 0 aromatic heterocycles. The van der Waals surface area contributed by atoms with Crippen LogP contribution in [-0.2, 0) is 5.41 Å². The van der Waals surface area contributed by atoms with Crippen LogP contribution < -0.4 is 10.2 Å². The molecule has 0 aliphatic heterocycles. The third-order valence-electron chi connectivity index (χ3n) is 7.57. The Morgan fingerprint density at radius 3 is 2.10 bits per heavy atom. The predicted molar refractivity (Wildman–Crippen MR) is 169 cm³/mol. The number of fused-ring (bicyclic) bond motifs is 3. The molecule has 5 rings (SSSR count). The molecule has 1 aliphatic rings. The Kier molecular flexibility index (Phi) is 7.13. The van der Waals surface area contributed by atoms with Crippen LogP contribution in [0.15, 0.2) is 146 Å². The lowest BCUT2D eigenvalue weighted by Crippen LogP contribution is -2.19. The van der Waals surface area contributed by atoms with E-state index in [1.807, 2.05) is 42.5 Å². The molecule has 0 radical (unpaired) electrons. The Balaban J connectivity index is 1.44. The van der Waals surface area contributed by atoms with Gasteiger partial charge in [-0.1, -0.05) is 99.8 Å². The first-order chi connectivity index (χ1) is 18.8. The summed E-state index contributed by atoms with van der Waals surface area (Å²) in [5, 5.41) is 3.38. The molecule has 0 bridgehead atoms. The molecule has 0 fully saturated rings. The zero-order valence-corrected chi connectivity index (χ0v) is 23.3. The van der Waals surface area contributed by atoms with Crippen LogP contribution in [0, 0.1) is 0 Å². The number of anilines is 2. The minimum atomic E-state index is -0.0106. The van der Waals surface area contributed by atoms with Crippen molar-refractivity contribution in [3.05, 3.63) is 157 Å². The molecular formula is C37H36N2. The van der Waals surface area contributed by atoms with Crippen LogP contribution in [0.5, 0.6) is 0 Å². The van der Waals surface area contributed by atoms with E-state index >= 15 is 0 Å². The highest BCUT2D eigenvalue weighted by Gasteiger charge is 2.35. The minimum absolute atomic E-state index is 0.0106. The number of nitrogens with one attached hydrogen (secondary N) is 1. The van der Waals surface area contributed by atoms with Gasteiger partial charge in [-0.25, -0.2) is 0 Å². The molecule has 4 aromatic carbocycles. The Morgan fingerprint density at radius 2 is 1.38 bits per heavy atom. The number of hydrogen-bond acceptors (Lipinski definition) is 2. The summed E-state index contributed by atoms with van der Waals surface area (Å²) < 4.78 is 0. The molecule has 0 saturated carbocycles. The molecule has 0 spiro atoms. The molecule has 0 unspecified atom stereocenters. The highest BCUT2D eigenvalue weighted by atomic mass is 15.1. The molecule has 1 aliphatic carbocycles. The average molecular weight is 509 g/mol. The van der Waals surface area contributed by atoms with Crippen molar-refractivity contribution in [3.8, 4) is 22.3 Å². The van der Waals surface area contributed by atoms with Gasteiger partial charge in [0.1, 0.15) is 0 Å². The third-order valence-corrected chi connectivity index (χ3v) is 7.57. The van der Waals surface area contributed by atoms with Crippen molar-refractivity contribution in [2.45, 2.75) is 33.1 Å². The monoisotopic (exact) mass is 508 g/mol. The lowest BCUT2D eigenvalue weighted by atomic mass is 9.81. The van der Waals surface area contributed by atoms with Crippen LogP contribution in [0.3, 0.4) is 0 Å². The number of para-hydroxylation sites is 1. The molecule has 194 valence electrons. The first kappa shape index (κ1) is 26.1. The van der Waals surface area contributed by atoms with Crippen LogP contribution in [-0.4, -0.2) is 0 Å². The number of nitrogens with zero attached hydrogens (tertiary/aromatic N) is 1. The van der Waals surface area contributed by atoms with Crippen molar-refractivity contribution in [3.63, 3.8) is 0 Å². The second-order valence-electron chi connectivity index (χ2n) is 10.7. The largest absolute Gasteiger partial charge is 0.356 e. The molecular weight excluding hydrogens is 472 g/mol. The van der Waals surface area contributed by atoms with Gasteiger partial charge in [-0.15, -0.1) is 0 Å². The minimum Gasteiger partial charge on any atom is -0.356 e. The molecule has 4 aromatic rings. The summed E-state index contributed by atoms with van der Waals surface area (Å²) in [4.78, 5) is 2.23. The lowest BCUT2D eigenvalue weighted by molar-refractivity contribution is 0.660. The van der Waals surface area contributed by atoms with E-state index in [2.05, 4.69) is 124 Å². The van der Waals surface area contributed by atoms with Crippen molar-refractivity contribution < 1.29 is 0 Å². The number of benzene rings is 4. The first-order valence-electron chi connectivity index (χ1n) is 13.4. The molecule has 39 heavy (non-hydrogen) atoms. The van der Waals surface area contributed by atoms with E-state index in [0.717, 1.165) is 28.5 Å². The fourth-order valence-corrected chi connectivity index (χ4v) is 5.68. The Morgan fingerprint density at radius 1 is 0.744 bits per heavy atom. The quantitative estimate of drug-likeness (QED) is 0.238. The number of allylic oxidation sites excluding steroid dienone is 5. The standard InChI is InChI=1S/C37H36N2/c1-7-13-27(3)39(28(4)24-26(2)38-31-14-9-8-10-15-31)32-21-18-29(19-22-32)30-20-23-34-33-16-11-12-17-35(33)37(5,6)36(34)25-30/h7-25,38H,1-2H2,3-6H3/b27-13+,28-24+.